The number of rotatable bonds is 2. The first-order valence-corrected chi connectivity index (χ1v) is 7.57. The van der Waals surface area contributed by atoms with Gasteiger partial charge in [0.15, 0.2) is 0 Å². The molecule has 2 heterocycles. The van der Waals surface area contributed by atoms with Crippen molar-refractivity contribution in [3.8, 4) is 0 Å². The van der Waals surface area contributed by atoms with Crippen LogP contribution in [-0.4, -0.2) is 35.1 Å². The van der Waals surface area contributed by atoms with E-state index in [9.17, 15) is 9.90 Å². The summed E-state index contributed by atoms with van der Waals surface area (Å²) in [6, 6.07) is 3.94. The topological polar surface area (TPSA) is 40.5 Å². The molecular weight excluding hydrogens is 314 g/mol. The molecule has 5 heteroatoms. The molecule has 1 aromatic heterocycles. The molecule has 1 N–H and O–H groups in total. The maximum Gasteiger partial charge on any atom is 0.246 e. The maximum atomic E-state index is 12.0. The van der Waals surface area contributed by atoms with E-state index < -0.39 is 0 Å². The van der Waals surface area contributed by atoms with Crippen LogP contribution < -0.4 is 0 Å². The summed E-state index contributed by atoms with van der Waals surface area (Å²) in [5.74, 6) is 0.185. The van der Waals surface area contributed by atoms with E-state index in [2.05, 4.69) is 15.9 Å². The van der Waals surface area contributed by atoms with Gasteiger partial charge in [0.05, 0.1) is 9.89 Å². The van der Waals surface area contributed by atoms with Gasteiger partial charge in [0, 0.05) is 24.0 Å². The predicted molar refractivity (Wildman–Crippen MR) is 77.4 cm³/mol. The molecule has 1 fully saturated rings. The Labute approximate surface area is 119 Å². The van der Waals surface area contributed by atoms with Crippen LogP contribution in [0, 0.1) is 5.92 Å². The minimum atomic E-state index is -0.272. The van der Waals surface area contributed by atoms with Crippen LogP contribution in [-0.2, 0) is 4.79 Å². The van der Waals surface area contributed by atoms with Crippen LogP contribution in [0.25, 0.3) is 6.08 Å². The van der Waals surface area contributed by atoms with Gasteiger partial charge in [0.25, 0.3) is 0 Å². The molecule has 0 aliphatic carbocycles. The van der Waals surface area contributed by atoms with Gasteiger partial charge in [0.2, 0.25) is 5.91 Å². The van der Waals surface area contributed by atoms with E-state index >= 15 is 0 Å². The first-order valence-electron chi connectivity index (χ1n) is 5.96. The fraction of sp³-hybridized carbons (Fsp3) is 0.462. The SMILES string of the molecule is CC1CN(C(=O)/C=C/c2ccc(Br)s2)CCC1O. The highest BCUT2D eigenvalue weighted by molar-refractivity contribution is 9.11. The van der Waals surface area contributed by atoms with E-state index in [4.69, 9.17) is 0 Å². The largest absolute Gasteiger partial charge is 0.393 e. The van der Waals surface area contributed by atoms with Crippen molar-refractivity contribution >= 4 is 39.2 Å². The number of hydrogen-bond acceptors (Lipinski definition) is 3. The fourth-order valence-corrected chi connectivity index (χ4v) is 3.34. The molecule has 0 radical (unpaired) electrons. The number of amides is 1. The Morgan fingerprint density at radius 2 is 2.39 bits per heavy atom. The fourth-order valence-electron chi connectivity index (χ4n) is 2.01. The standard InChI is InChI=1S/C13H16BrNO2S/c1-9-8-15(7-6-11(9)16)13(17)5-3-10-2-4-12(14)18-10/h2-5,9,11,16H,6-8H2,1H3/b5-3+. The second-order valence-electron chi connectivity index (χ2n) is 4.59. The van der Waals surface area contributed by atoms with Gasteiger partial charge < -0.3 is 10.0 Å². The monoisotopic (exact) mass is 329 g/mol. The minimum absolute atomic E-state index is 0.0262. The van der Waals surface area contributed by atoms with Crippen molar-refractivity contribution in [3.05, 3.63) is 26.9 Å². The molecule has 0 saturated carbocycles. The van der Waals surface area contributed by atoms with E-state index in [1.165, 1.54) is 0 Å². The molecular formula is C13H16BrNO2S. The number of thiophene rings is 1. The number of carbonyl (C=O) groups excluding carboxylic acids is 1. The van der Waals surface area contributed by atoms with E-state index in [-0.39, 0.29) is 17.9 Å². The van der Waals surface area contributed by atoms with Crippen molar-refractivity contribution in [1.29, 1.82) is 0 Å². The molecule has 98 valence electrons. The average Bonchev–Trinajstić information content (AvgIpc) is 2.75. The summed E-state index contributed by atoms with van der Waals surface area (Å²) >= 11 is 4.99. The van der Waals surface area contributed by atoms with Crippen LogP contribution in [0.1, 0.15) is 18.2 Å². The summed E-state index contributed by atoms with van der Waals surface area (Å²) in [5.41, 5.74) is 0. The lowest BCUT2D eigenvalue weighted by Crippen LogP contribution is -2.44. The van der Waals surface area contributed by atoms with E-state index in [0.29, 0.717) is 19.5 Å². The van der Waals surface area contributed by atoms with Crippen LogP contribution in [0.5, 0.6) is 0 Å². The number of likely N-dealkylation sites (tertiary alicyclic amines) is 1. The van der Waals surface area contributed by atoms with Crippen molar-refractivity contribution in [2.45, 2.75) is 19.4 Å². The van der Waals surface area contributed by atoms with E-state index in [0.717, 1.165) is 8.66 Å². The Hall–Kier alpha value is -0.650. The maximum absolute atomic E-state index is 12.0. The third-order valence-corrected chi connectivity index (χ3v) is 4.74. The zero-order valence-electron chi connectivity index (χ0n) is 10.2. The normalized spacial score (nSPS) is 24.7. The van der Waals surface area contributed by atoms with Crippen LogP contribution in [0.4, 0.5) is 0 Å². The van der Waals surface area contributed by atoms with Gasteiger partial charge in [-0.2, -0.15) is 0 Å². The van der Waals surface area contributed by atoms with Crippen molar-refractivity contribution in [2.24, 2.45) is 5.92 Å². The minimum Gasteiger partial charge on any atom is -0.393 e. The lowest BCUT2D eigenvalue weighted by Gasteiger charge is -2.33. The first-order chi connectivity index (χ1) is 8.56. The smallest absolute Gasteiger partial charge is 0.246 e. The highest BCUT2D eigenvalue weighted by Crippen LogP contribution is 2.23. The Kier molecular flexibility index (Phi) is 4.59. The molecule has 0 spiro atoms. The summed E-state index contributed by atoms with van der Waals surface area (Å²) < 4.78 is 1.06. The number of hydrogen-bond donors (Lipinski definition) is 1. The molecule has 1 aliphatic rings. The van der Waals surface area contributed by atoms with Gasteiger partial charge in [-0.25, -0.2) is 0 Å². The van der Waals surface area contributed by atoms with Gasteiger partial charge >= 0.3 is 0 Å². The van der Waals surface area contributed by atoms with Crippen molar-refractivity contribution in [1.82, 2.24) is 4.90 Å². The first kappa shape index (κ1) is 13.8. The van der Waals surface area contributed by atoms with E-state index in [1.807, 2.05) is 25.1 Å². The van der Waals surface area contributed by atoms with Crippen molar-refractivity contribution in [3.63, 3.8) is 0 Å². The third kappa shape index (κ3) is 3.43. The summed E-state index contributed by atoms with van der Waals surface area (Å²) in [4.78, 5) is 14.8. The lowest BCUT2D eigenvalue weighted by molar-refractivity contribution is -0.129. The molecule has 1 saturated heterocycles. The zero-order chi connectivity index (χ0) is 13.1. The average molecular weight is 330 g/mol. The summed E-state index contributed by atoms with van der Waals surface area (Å²) in [6.07, 6.45) is 3.85. The summed E-state index contributed by atoms with van der Waals surface area (Å²) in [7, 11) is 0. The van der Waals surface area contributed by atoms with Crippen LogP contribution in [0.15, 0.2) is 22.0 Å². The highest BCUT2D eigenvalue weighted by atomic mass is 79.9. The van der Waals surface area contributed by atoms with Gasteiger partial charge in [-0.05, 0) is 46.5 Å². The number of aliphatic hydroxyl groups excluding tert-OH is 1. The molecule has 1 amide bonds. The second-order valence-corrected chi connectivity index (χ2v) is 7.09. The molecule has 18 heavy (non-hydrogen) atoms. The van der Waals surface area contributed by atoms with Gasteiger partial charge in [-0.1, -0.05) is 6.92 Å². The Morgan fingerprint density at radius 3 is 3.00 bits per heavy atom. The van der Waals surface area contributed by atoms with E-state index in [1.54, 1.807) is 22.3 Å². The van der Waals surface area contributed by atoms with Crippen LogP contribution in [0.2, 0.25) is 0 Å². The summed E-state index contributed by atoms with van der Waals surface area (Å²) in [5, 5.41) is 9.63. The van der Waals surface area contributed by atoms with Crippen molar-refractivity contribution < 1.29 is 9.90 Å². The molecule has 2 atom stereocenters. The lowest BCUT2D eigenvalue weighted by atomic mass is 9.97. The van der Waals surface area contributed by atoms with Gasteiger partial charge in [0.1, 0.15) is 0 Å². The molecule has 1 aromatic rings. The van der Waals surface area contributed by atoms with Crippen LogP contribution in [0.3, 0.4) is 0 Å². The quantitative estimate of drug-likeness (QED) is 0.847. The van der Waals surface area contributed by atoms with Gasteiger partial charge in [-0.3, -0.25) is 4.79 Å². The Bertz CT molecular complexity index is 458. The predicted octanol–water partition coefficient (Wildman–Crippen LogP) is 2.75. The molecule has 2 unspecified atom stereocenters. The molecule has 0 bridgehead atoms. The number of carbonyl (C=O) groups is 1. The highest BCUT2D eigenvalue weighted by Gasteiger charge is 2.25. The Balaban J connectivity index is 1.94. The number of aliphatic hydroxyl groups is 1. The summed E-state index contributed by atoms with van der Waals surface area (Å²) in [6.45, 7) is 3.26. The Morgan fingerprint density at radius 1 is 1.61 bits per heavy atom. The third-order valence-electron chi connectivity index (χ3n) is 3.16. The second kappa shape index (κ2) is 5.99. The molecule has 2 rings (SSSR count). The number of nitrogens with zero attached hydrogens (tertiary/aromatic N) is 1. The molecule has 3 nitrogen and oxygen atoms in total. The molecule has 0 aromatic carbocycles. The van der Waals surface area contributed by atoms with Crippen molar-refractivity contribution in [2.75, 3.05) is 13.1 Å². The number of halogens is 1. The van der Waals surface area contributed by atoms with Gasteiger partial charge in [-0.15, -0.1) is 11.3 Å². The van der Waals surface area contributed by atoms with Crippen LogP contribution >= 0.6 is 27.3 Å². The molecule has 1 aliphatic heterocycles. The number of piperidine rings is 1. The zero-order valence-corrected chi connectivity index (χ0v) is 12.6.